The van der Waals surface area contributed by atoms with Crippen molar-refractivity contribution in [2.45, 2.75) is 20.8 Å². The van der Waals surface area contributed by atoms with Crippen LogP contribution in [0.3, 0.4) is 0 Å². The Morgan fingerprint density at radius 1 is 0.943 bits per heavy atom. The van der Waals surface area contributed by atoms with Gasteiger partial charge >= 0.3 is 0 Å². The molecule has 1 N–H and O–H groups in total. The smallest absolute Gasteiger partial charge is 0.248 e. The summed E-state index contributed by atoms with van der Waals surface area (Å²) in [5.41, 5.74) is 4.99. The quantitative estimate of drug-likeness (QED) is 0.268. The molecule has 4 rings (SSSR count). The monoisotopic (exact) mass is 471 g/mol. The Morgan fingerprint density at radius 3 is 2.29 bits per heavy atom. The minimum Gasteiger partial charge on any atom is -0.497 e. The Bertz CT molecular complexity index is 1330. The summed E-state index contributed by atoms with van der Waals surface area (Å²) in [6.07, 6.45) is 3.32. The molecular weight excluding hydrogens is 442 g/mol. The van der Waals surface area contributed by atoms with Gasteiger partial charge in [-0.05, 0) is 74.4 Å². The molecule has 180 valence electrons. The number of rotatable bonds is 9. The van der Waals surface area contributed by atoms with Crippen molar-refractivity contribution in [1.29, 1.82) is 0 Å². The largest absolute Gasteiger partial charge is 0.497 e. The second kappa shape index (κ2) is 10.8. The number of amides is 1. The number of carbonyl (C=O) groups excluding carboxylic acids is 1. The molecule has 1 aromatic heterocycles. The molecule has 0 spiro atoms. The van der Waals surface area contributed by atoms with Crippen LogP contribution in [0.5, 0.6) is 17.2 Å². The number of fused-ring (bicyclic) bond motifs is 1. The van der Waals surface area contributed by atoms with Crippen LogP contribution in [0.25, 0.3) is 27.7 Å². The van der Waals surface area contributed by atoms with Crippen LogP contribution >= 0.6 is 0 Å². The maximum absolute atomic E-state index is 12.7. The van der Waals surface area contributed by atoms with Gasteiger partial charge in [-0.3, -0.25) is 4.79 Å². The van der Waals surface area contributed by atoms with E-state index in [1.807, 2.05) is 81.4 Å². The minimum atomic E-state index is -0.225. The van der Waals surface area contributed by atoms with Gasteiger partial charge in [-0.25, -0.2) is 0 Å². The lowest BCUT2D eigenvalue weighted by atomic mass is 9.99. The number of furan rings is 1. The SMILES string of the molecule is CCOc1ccc(NC(=O)/C=C(\C)c2cc3c(-c4ccc(OC)cc4)coc3cc2OCC)cc1. The molecule has 0 aliphatic rings. The van der Waals surface area contributed by atoms with Crippen LogP contribution < -0.4 is 19.5 Å². The first-order valence-electron chi connectivity index (χ1n) is 11.6. The highest BCUT2D eigenvalue weighted by atomic mass is 16.5. The summed E-state index contributed by atoms with van der Waals surface area (Å²) in [4.78, 5) is 12.7. The normalized spacial score (nSPS) is 11.4. The fraction of sp³-hybridized carbons (Fsp3) is 0.207. The molecule has 0 unspecified atom stereocenters. The number of allylic oxidation sites excluding steroid dienone is 1. The van der Waals surface area contributed by atoms with E-state index in [-0.39, 0.29) is 5.91 Å². The topological polar surface area (TPSA) is 69.9 Å². The van der Waals surface area contributed by atoms with Crippen molar-refractivity contribution in [3.63, 3.8) is 0 Å². The Kier molecular flexibility index (Phi) is 7.41. The van der Waals surface area contributed by atoms with Crippen LogP contribution in [0.1, 0.15) is 26.3 Å². The van der Waals surface area contributed by atoms with Crippen LogP contribution in [-0.4, -0.2) is 26.2 Å². The van der Waals surface area contributed by atoms with Crippen molar-refractivity contribution in [2.24, 2.45) is 0 Å². The number of carbonyl (C=O) groups is 1. The lowest BCUT2D eigenvalue weighted by Gasteiger charge is -2.12. The van der Waals surface area contributed by atoms with Gasteiger partial charge in [0.15, 0.2) is 0 Å². The first-order chi connectivity index (χ1) is 17.0. The predicted octanol–water partition coefficient (Wildman–Crippen LogP) is 6.95. The van der Waals surface area contributed by atoms with Crippen LogP contribution in [-0.2, 0) is 4.79 Å². The van der Waals surface area contributed by atoms with Gasteiger partial charge in [0.1, 0.15) is 22.8 Å². The van der Waals surface area contributed by atoms with E-state index in [0.29, 0.717) is 24.7 Å². The summed E-state index contributed by atoms with van der Waals surface area (Å²) < 4.78 is 22.5. The molecule has 35 heavy (non-hydrogen) atoms. The molecule has 1 amide bonds. The van der Waals surface area contributed by atoms with Crippen molar-refractivity contribution in [3.8, 4) is 28.4 Å². The van der Waals surface area contributed by atoms with E-state index in [1.54, 1.807) is 19.4 Å². The van der Waals surface area contributed by atoms with E-state index in [2.05, 4.69) is 5.32 Å². The standard InChI is InChI=1S/C29H29NO5/c1-5-33-23-13-9-21(10-14-23)30-29(31)15-19(3)24-16-25-26(20-7-11-22(32-4)12-8-20)18-35-28(25)17-27(24)34-6-2/h7-18H,5-6H2,1-4H3,(H,30,31)/b19-15+. The van der Waals surface area contributed by atoms with E-state index in [0.717, 1.165) is 44.7 Å². The number of hydrogen-bond donors (Lipinski definition) is 1. The van der Waals surface area contributed by atoms with Crippen molar-refractivity contribution < 1.29 is 23.4 Å². The molecule has 0 saturated carbocycles. The Hall–Kier alpha value is -4.19. The van der Waals surface area contributed by atoms with Gasteiger partial charge < -0.3 is 23.9 Å². The van der Waals surface area contributed by atoms with Crippen molar-refractivity contribution in [2.75, 3.05) is 25.6 Å². The van der Waals surface area contributed by atoms with Gasteiger partial charge in [0.25, 0.3) is 0 Å². The Labute approximate surface area is 205 Å². The van der Waals surface area contributed by atoms with Gasteiger partial charge in [0.2, 0.25) is 5.91 Å². The van der Waals surface area contributed by atoms with E-state index in [4.69, 9.17) is 18.6 Å². The summed E-state index contributed by atoms with van der Waals surface area (Å²) in [5.74, 6) is 1.99. The number of methoxy groups -OCH3 is 1. The molecule has 0 bridgehead atoms. The van der Waals surface area contributed by atoms with Crippen molar-refractivity contribution in [3.05, 3.63) is 78.6 Å². The molecular formula is C29H29NO5. The fourth-order valence-corrected chi connectivity index (χ4v) is 3.89. The predicted molar refractivity (Wildman–Crippen MR) is 139 cm³/mol. The third-order valence-corrected chi connectivity index (χ3v) is 5.58. The number of ether oxygens (including phenoxy) is 3. The van der Waals surface area contributed by atoms with E-state index >= 15 is 0 Å². The molecule has 3 aromatic carbocycles. The second-order valence-electron chi connectivity index (χ2n) is 7.93. The summed E-state index contributed by atoms with van der Waals surface area (Å²) in [7, 11) is 1.64. The van der Waals surface area contributed by atoms with E-state index < -0.39 is 0 Å². The third kappa shape index (κ3) is 5.49. The lowest BCUT2D eigenvalue weighted by Crippen LogP contribution is -2.08. The third-order valence-electron chi connectivity index (χ3n) is 5.58. The number of anilines is 1. The van der Waals surface area contributed by atoms with E-state index in [1.165, 1.54) is 0 Å². The highest BCUT2D eigenvalue weighted by molar-refractivity contribution is 6.05. The van der Waals surface area contributed by atoms with Crippen LogP contribution in [0.15, 0.2) is 77.4 Å². The summed E-state index contributed by atoms with van der Waals surface area (Å²) in [6.45, 7) is 6.85. The molecule has 0 atom stereocenters. The Morgan fingerprint density at radius 2 is 1.63 bits per heavy atom. The molecule has 4 aromatic rings. The average Bonchev–Trinajstić information content (AvgIpc) is 3.28. The van der Waals surface area contributed by atoms with Crippen molar-refractivity contribution >= 4 is 28.1 Å². The highest BCUT2D eigenvalue weighted by Crippen LogP contribution is 2.38. The van der Waals surface area contributed by atoms with Gasteiger partial charge in [-0.1, -0.05) is 12.1 Å². The maximum atomic E-state index is 12.7. The van der Waals surface area contributed by atoms with Crippen LogP contribution in [0.2, 0.25) is 0 Å². The fourth-order valence-electron chi connectivity index (χ4n) is 3.89. The maximum Gasteiger partial charge on any atom is 0.248 e. The summed E-state index contributed by atoms with van der Waals surface area (Å²) in [6, 6.07) is 19.0. The molecule has 0 saturated heterocycles. The molecule has 1 heterocycles. The van der Waals surface area contributed by atoms with Gasteiger partial charge in [0.05, 0.1) is 26.6 Å². The molecule has 6 heteroatoms. The average molecular weight is 472 g/mol. The first-order valence-corrected chi connectivity index (χ1v) is 11.6. The van der Waals surface area contributed by atoms with Gasteiger partial charge in [-0.2, -0.15) is 0 Å². The van der Waals surface area contributed by atoms with Gasteiger partial charge in [0, 0.05) is 34.3 Å². The minimum absolute atomic E-state index is 0.225. The Balaban J connectivity index is 1.65. The van der Waals surface area contributed by atoms with E-state index in [9.17, 15) is 4.79 Å². The molecule has 6 nitrogen and oxygen atoms in total. The van der Waals surface area contributed by atoms with Crippen molar-refractivity contribution in [1.82, 2.24) is 0 Å². The number of hydrogen-bond acceptors (Lipinski definition) is 5. The molecule has 0 aliphatic carbocycles. The van der Waals surface area contributed by atoms with Crippen LogP contribution in [0, 0.1) is 0 Å². The summed E-state index contributed by atoms with van der Waals surface area (Å²) >= 11 is 0. The van der Waals surface area contributed by atoms with Crippen LogP contribution in [0.4, 0.5) is 5.69 Å². The zero-order valence-electron chi connectivity index (χ0n) is 20.4. The molecule has 0 radical (unpaired) electrons. The molecule has 0 fully saturated rings. The number of benzene rings is 3. The lowest BCUT2D eigenvalue weighted by molar-refractivity contribution is -0.111. The zero-order valence-corrected chi connectivity index (χ0v) is 20.4. The first kappa shape index (κ1) is 24.0. The summed E-state index contributed by atoms with van der Waals surface area (Å²) in [5, 5.41) is 3.84. The second-order valence-corrected chi connectivity index (χ2v) is 7.93. The van der Waals surface area contributed by atoms with Gasteiger partial charge in [-0.15, -0.1) is 0 Å². The highest BCUT2D eigenvalue weighted by Gasteiger charge is 2.15. The number of nitrogens with one attached hydrogen (secondary N) is 1. The zero-order chi connectivity index (χ0) is 24.8. The molecule has 0 aliphatic heterocycles.